The summed E-state index contributed by atoms with van der Waals surface area (Å²) in [6, 6.07) is 6.00. The number of aromatic nitrogens is 1. The van der Waals surface area contributed by atoms with Gasteiger partial charge in [0.2, 0.25) is 0 Å². The van der Waals surface area contributed by atoms with E-state index < -0.39 is 0 Å². The Bertz CT molecular complexity index is 1030. The Hall–Kier alpha value is -1.20. The third-order valence-corrected chi connectivity index (χ3v) is 11.0. The van der Waals surface area contributed by atoms with Crippen LogP contribution in [0, 0.1) is 40.9 Å². The maximum atomic E-state index is 13.7. The molecule has 0 spiro atoms. The lowest BCUT2D eigenvalue weighted by atomic mass is 9.64. The zero-order valence-corrected chi connectivity index (χ0v) is 19.0. The zero-order valence-electron chi connectivity index (χ0n) is 15.8. The van der Waals surface area contributed by atoms with Crippen LogP contribution < -0.4 is 0 Å². The van der Waals surface area contributed by atoms with Crippen LogP contribution >= 0.6 is 31.9 Å². The number of hydrogen-bond donors (Lipinski definition) is 0. The SMILES string of the molecule is O=C1C2C3=C(OC4C=C/C(=C/c5ccccn5)C4C3)C3C4CC(C2C4Br)C13CBr. The van der Waals surface area contributed by atoms with E-state index in [9.17, 15) is 4.79 Å². The fourth-order valence-electron chi connectivity index (χ4n) is 7.77. The summed E-state index contributed by atoms with van der Waals surface area (Å²) < 4.78 is 6.75. The van der Waals surface area contributed by atoms with Crippen LogP contribution in [0.3, 0.4) is 0 Å². The van der Waals surface area contributed by atoms with Crippen molar-refractivity contribution in [1.82, 2.24) is 4.98 Å². The fraction of sp³-hybridized carbons (Fsp3) is 0.500. The lowest BCUT2D eigenvalue weighted by molar-refractivity contribution is -0.132. The molecule has 29 heavy (non-hydrogen) atoms. The van der Waals surface area contributed by atoms with Gasteiger partial charge in [0.1, 0.15) is 17.6 Å². The summed E-state index contributed by atoms with van der Waals surface area (Å²) in [5.74, 6) is 3.79. The largest absolute Gasteiger partial charge is 0.490 e. The van der Waals surface area contributed by atoms with Gasteiger partial charge >= 0.3 is 0 Å². The molecular weight excluding hydrogens is 494 g/mol. The topological polar surface area (TPSA) is 39.2 Å². The number of Topliss-reactive ketones (excluding diaryl/α,β-unsaturated/α-hetero) is 1. The molecule has 148 valence electrons. The molecule has 2 heterocycles. The zero-order chi connectivity index (χ0) is 19.5. The highest BCUT2D eigenvalue weighted by Gasteiger charge is 2.79. The molecule has 0 aromatic carbocycles. The molecule has 5 heteroatoms. The van der Waals surface area contributed by atoms with Gasteiger partial charge in [-0.05, 0) is 66.0 Å². The molecule has 3 fully saturated rings. The van der Waals surface area contributed by atoms with Gasteiger partial charge in [-0.25, -0.2) is 0 Å². The molecule has 1 aliphatic heterocycles. The second-order valence-electron chi connectivity index (χ2n) is 9.56. The van der Waals surface area contributed by atoms with Crippen LogP contribution in [0.1, 0.15) is 18.5 Å². The van der Waals surface area contributed by atoms with Crippen molar-refractivity contribution in [2.24, 2.45) is 40.9 Å². The van der Waals surface area contributed by atoms with Gasteiger partial charge in [-0.1, -0.05) is 44.0 Å². The van der Waals surface area contributed by atoms with Gasteiger partial charge < -0.3 is 4.74 Å². The first-order valence-electron chi connectivity index (χ1n) is 10.6. The summed E-state index contributed by atoms with van der Waals surface area (Å²) in [4.78, 5) is 18.6. The molecule has 3 saturated carbocycles. The molecule has 0 saturated heterocycles. The Kier molecular flexibility index (Phi) is 3.45. The highest BCUT2D eigenvalue weighted by Crippen LogP contribution is 2.77. The number of alkyl halides is 2. The Morgan fingerprint density at radius 1 is 1.34 bits per heavy atom. The van der Waals surface area contributed by atoms with Gasteiger partial charge in [-0.2, -0.15) is 0 Å². The van der Waals surface area contributed by atoms with Gasteiger partial charge in [0.25, 0.3) is 0 Å². The first-order valence-corrected chi connectivity index (χ1v) is 12.6. The highest BCUT2D eigenvalue weighted by atomic mass is 79.9. The molecule has 5 bridgehead atoms. The molecule has 6 aliphatic rings. The van der Waals surface area contributed by atoms with Crippen molar-refractivity contribution >= 4 is 43.7 Å². The van der Waals surface area contributed by atoms with Crippen molar-refractivity contribution in [3.63, 3.8) is 0 Å². The second-order valence-corrected chi connectivity index (χ2v) is 11.2. The number of rotatable bonds is 2. The lowest BCUT2D eigenvalue weighted by Gasteiger charge is -2.45. The normalized spacial score (nSPS) is 49.2. The molecule has 9 unspecified atom stereocenters. The van der Waals surface area contributed by atoms with Crippen molar-refractivity contribution in [2.75, 3.05) is 5.33 Å². The van der Waals surface area contributed by atoms with Crippen LogP contribution in [-0.2, 0) is 9.53 Å². The minimum atomic E-state index is -0.217. The van der Waals surface area contributed by atoms with E-state index in [1.54, 1.807) is 0 Å². The summed E-state index contributed by atoms with van der Waals surface area (Å²) in [5, 5.41) is 0.784. The minimum Gasteiger partial charge on any atom is -0.490 e. The summed E-state index contributed by atoms with van der Waals surface area (Å²) in [6.07, 6.45) is 10.6. The van der Waals surface area contributed by atoms with Crippen LogP contribution in [-0.4, -0.2) is 27.0 Å². The monoisotopic (exact) mass is 513 g/mol. The molecule has 1 aromatic rings. The van der Waals surface area contributed by atoms with Crippen molar-refractivity contribution in [3.8, 4) is 0 Å². The van der Waals surface area contributed by atoms with Gasteiger partial charge in [0.05, 0.1) is 11.1 Å². The van der Waals surface area contributed by atoms with Crippen LogP contribution in [0.5, 0.6) is 0 Å². The maximum Gasteiger partial charge on any atom is 0.148 e. The number of allylic oxidation sites excluding steroid dienone is 3. The van der Waals surface area contributed by atoms with E-state index in [1.165, 1.54) is 23.3 Å². The number of carbonyl (C=O) groups excluding carboxylic acids is 1. The summed E-state index contributed by atoms with van der Waals surface area (Å²) in [6.45, 7) is 0. The van der Waals surface area contributed by atoms with Crippen molar-refractivity contribution in [1.29, 1.82) is 0 Å². The number of fused-ring (bicyclic) bond motifs is 5. The predicted molar refractivity (Wildman–Crippen MR) is 117 cm³/mol. The average molecular weight is 515 g/mol. The van der Waals surface area contributed by atoms with Crippen molar-refractivity contribution in [2.45, 2.75) is 23.8 Å². The number of halogens is 2. The maximum absolute atomic E-state index is 13.7. The van der Waals surface area contributed by atoms with Crippen LogP contribution in [0.4, 0.5) is 0 Å². The average Bonchev–Trinajstić information content (AvgIpc) is 3.39. The number of ether oxygens (including phenoxy) is 1. The number of carbonyl (C=O) groups is 1. The van der Waals surface area contributed by atoms with Gasteiger partial charge in [0, 0.05) is 34.1 Å². The summed E-state index contributed by atoms with van der Waals surface area (Å²) in [7, 11) is 0. The first-order chi connectivity index (χ1) is 14.1. The van der Waals surface area contributed by atoms with E-state index in [2.05, 4.69) is 55.1 Å². The first kappa shape index (κ1) is 17.5. The van der Waals surface area contributed by atoms with E-state index >= 15 is 0 Å². The Labute approximate surface area is 186 Å². The van der Waals surface area contributed by atoms with Gasteiger partial charge in [0.15, 0.2) is 0 Å². The van der Waals surface area contributed by atoms with E-state index in [-0.39, 0.29) is 23.4 Å². The molecule has 1 aromatic heterocycles. The van der Waals surface area contributed by atoms with E-state index in [1.807, 2.05) is 24.4 Å². The third-order valence-electron chi connectivity index (χ3n) is 8.74. The van der Waals surface area contributed by atoms with Crippen LogP contribution in [0.25, 0.3) is 6.08 Å². The molecule has 0 radical (unpaired) electrons. The molecule has 3 nitrogen and oxygen atoms in total. The highest BCUT2D eigenvalue weighted by molar-refractivity contribution is 9.09. The standard InChI is InChI=1S/C24H21Br2NO2/c25-10-24-16-9-15-20(24)22-14(18(23(24)28)19(16)21(15)26)8-13-11(4-5-17(13)29-22)7-12-3-1-2-6-27-12/h1-7,13,15-21H,8-10H2/b11-7-. The van der Waals surface area contributed by atoms with E-state index in [0.717, 1.165) is 17.4 Å². The quantitative estimate of drug-likeness (QED) is 0.525. The molecular formula is C24H21Br2NO2. The fourth-order valence-corrected chi connectivity index (χ4v) is 10.0. The van der Waals surface area contributed by atoms with Crippen LogP contribution in [0.2, 0.25) is 0 Å². The van der Waals surface area contributed by atoms with Crippen molar-refractivity contribution in [3.05, 3.63) is 59.1 Å². The third kappa shape index (κ3) is 1.91. The summed E-state index contributed by atoms with van der Waals surface area (Å²) in [5.41, 5.74) is 3.36. The van der Waals surface area contributed by atoms with Gasteiger partial charge in [-0.15, -0.1) is 0 Å². The van der Waals surface area contributed by atoms with E-state index in [4.69, 9.17) is 4.74 Å². The second kappa shape index (κ2) is 5.73. The molecule has 5 aliphatic carbocycles. The van der Waals surface area contributed by atoms with E-state index in [0.29, 0.717) is 34.3 Å². The molecule has 0 N–H and O–H groups in total. The molecule has 9 atom stereocenters. The van der Waals surface area contributed by atoms with Crippen LogP contribution in [0.15, 0.2) is 53.5 Å². The van der Waals surface area contributed by atoms with Crippen molar-refractivity contribution < 1.29 is 9.53 Å². The minimum absolute atomic E-state index is 0.0540. The Morgan fingerprint density at radius 2 is 2.24 bits per heavy atom. The molecule has 0 amide bonds. The number of ketones is 1. The summed E-state index contributed by atoms with van der Waals surface area (Å²) >= 11 is 7.78. The number of nitrogens with zero attached hydrogens (tertiary/aromatic N) is 1. The number of hydrogen-bond acceptors (Lipinski definition) is 3. The Morgan fingerprint density at radius 3 is 3.03 bits per heavy atom. The molecule has 7 rings (SSSR count). The Balaban J connectivity index is 1.32. The smallest absolute Gasteiger partial charge is 0.148 e. The van der Waals surface area contributed by atoms with Gasteiger partial charge in [-0.3, -0.25) is 9.78 Å². The lowest BCUT2D eigenvalue weighted by Crippen LogP contribution is -2.48. The number of pyridine rings is 1. The predicted octanol–water partition coefficient (Wildman–Crippen LogP) is 4.93.